The summed E-state index contributed by atoms with van der Waals surface area (Å²) in [7, 11) is 1.69. The van der Waals surface area contributed by atoms with E-state index >= 15 is 0 Å². The van der Waals surface area contributed by atoms with Crippen molar-refractivity contribution < 1.29 is 4.79 Å². The van der Waals surface area contributed by atoms with Gasteiger partial charge in [0, 0.05) is 19.8 Å². The highest BCUT2D eigenvalue weighted by Crippen LogP contribution is 2.26. The number of anilines is 1. The lowest BCUT2D eigenvalue weighted by Crippen LogP contribution is -2.19. The van der Waals surface area contributed by atoms with Crippen LogP contribution in [0.3, 0.4) is 0 Å². The van der Waals surface area contributed by atoms with E-state index in [0.717, 1.165) is 10.2 Å². The molecule has 0 saturated carbocycles. The first kappa shape index (κ1) is 19.3. The fourth-order valence-electron chi connectivity index (χ4n) is 2.86. The molecule has 1 aromatic carbocycles. The van der Waals surface area contributed by atoms with Gasteiger partial charge in [-0.15, -0.1) is 10.2 Å². The van der Waals surface area contributed by atoms with Crippen molar-refractivity contribution in [1.82, 2.24) is 24.3 Å². The molecule has 1 N–H and O–H groups in total. The SMILES string of the molecule is CCn1c(SCC(=O)Nc2nc3ccccc3s2)nnc1-c1cccn(C)c1=O. The van der Waals surface area contributed by atoms with Gasteiger partial charge in [-0.05, 0) is 31.2 Å². The van der Waals surface area contributed by atoms with Gasteiger partial charge in [0.2, 0.25) is 5.91 Å². The Labute approximate surface area is 174 Å². The van der Waals surface area contributed by atoms with Crippen molar-refractivity contribution in [1.29, 1.82) is 0 Å². The number of carbonyl (C=O) groups excluding carboxylic acids is 1. The molecule has 0 radical (unpaired) electrons. The Hall–Kier alpha value is -2.98. The zero-order valence-corrected chi connectivity index (χ0v) is 17.5. The number of benzene rings is 1. The molecule has 29 heavy (non-hydrogen) atoms. The number of para-hydroxylation sites is 1. The second-order valence-corrected chi connectivity index (χ2v) is 8.19. The minimum atomic E-state index is -0.170. The fourth-order valence-corrected chi connectivity index (χ4v) is 4.54. The molecule has 1 amide bonds. The summed E-state index contributed by atoms with van der Waals surface area (Å²) in [5, 5.41) is 12.4. The van der Waals surface area contributed by atoms with Crippen molar-refractivity contribution in [2.45, 2.75) is 18.6 Å². The largest absolute Gasteiger partial charge is 0.318 e. The number of aryl methyl sites for hydroxylation is 1. The molecule has 0 bridgehead atoms. The average Bonchev–Trinajstić information content (AvgIpc) is 3.31. The fraction of sp³-hybridized carbons (Fsp3) is 0.211. The van der Waals surface area contributed by atoms with E-state index in [-0.39, 0.29) is 17.2 Å². The number of nitrogens with zero attached hydrogens (tertiary/aromatic N) is 5. The van der Waals surface area contributed by atoms with Crippen LogP contribution in [0, 0.1) is 0 Å². The summed E-state index contributed by atoms with van der Waals surface area (Å²) >= 11 is 2.71. The lowest BCUT2D eigenvalue weighted by Gasteiger charge is -2.07. The van der Waals surface area contributed by atoms with E-state index < -0.39 is 0 Å². The average molecular weight is 427 g/mol. The standard InChI is InChI=1S/C19H18N6O2S2/c1-3-25-16(12-7-6-10-24(2)17(12)27)22-23-19(25)28-11-15(26)21-18-20-13-8-4-5-9-14(13)29-18/h4-10H,3,11H2,1-2H3,(H,20,21,26). The maximum atomic E-state index is 12.4. The van der Waals surface area contributed by atoms with E-state index in [1.165, 1.54) is 27.7 Å². The van der Waals surface area contributed by atoms with E-state index in [1.54, 1.807) is 25.4 Å². The van der Waals surface area contributed by atoms with Crippen LogP contribution in [-0.4, -0.2) is 36.0 Å². The van der Waals surface area contributed by atoms with Gasteiger partial charge in [-0.25, -0.2) is 4.98 Å². The third-order valence-electron chi connectivity index (χ3n) is 4.27. The van der Waals surface area contributed by atoms with Gasteiger partial charge in [-0.3, -0.25) is 9.59 Å². The maximum absolute atomic E-state index is 12.4. The van der Waals surface area contributed by atoms with Crippen molar-refractivity contribution in [3.8, 4) is 11.4 Å². The van der Waals surface area contributed by atoms with Crippen LogP contribution in [0.4, 0.5) is 5.13 Å². The molecule has 4 rings (SSSR count). The molecule has 0 saturated heterocycles. The van der Waals surface area contributed by atoms with Crippen molar-refractivity contribution in [3.63, 3.8) is 0 Å². The summed E-state index contributed by atoms with van der Waals surface area (Å²) in [6.45, 7) is 2.54. The predicted molar refractivity (Wildman–Crippen MR) is 115 cm³/mol. The van der Waals surface area contributed by atoms with Gasteiger partial charge in [0.05, 0.1) is 21.5 Å². The third-order valence-corrected chi connectivity index (χ3v) is 6.19. The van der Waals surface area contributed by atoms with Gasteiger partial charge in [-0.2, -0.15) is 0 Å². The second kappa shape index (κ2) is 8.18. The van der Waals surface area contributed by atoms with E-state index in [9.17, 15) is 9.59 Å². The lowest BCUT2D eigenvalue weighted by atomic mass is 10.2. The molecule has 3 aromatic heterocycles. The Morgan fingerprint density at radius 1 is 1.21 bits per heavy atom. The normalized spacial score (nSPS) is 11.1. The monoisotopic (exact) mass is 426 g/mol. The number of hydrogen-bond donors (Lipinski definition) is 1. The number of aromatic nitrogens is 5. The predicted octanol–water partition coefficient (Wildman–Crippen LogP) is 3.00. The Bertz CT molecular complexity index is 1210. The molecule has 0 aliphatic heterocycles. The summed E-state index contributed by atoms with van der Waals surface area (Å²) in [5.74, 6) is 0.501. The van der Waals surface area contributed by atoms with E-state index in [1.807, 2.05) is 35.8 Å². The number of carbonyl (C=O) groups is 1. The van der Waals surface area contributed by atoms with Crippen molar-refractivity contribution >= 4 is 44.4 Å². The molecule has 0 aliphatic carbocycles. The number of hydrogen-bond acceptors (Lipinski definition) is 7. The van der Waals surface area contributed by atoms with Gasteiger partial charge >= 0.3 is 0 Å². The van der Waals surface area contributed by atoms with E-state index in [4.69, 9.17) is 0 Å². The summed E-state index contributed by atoms with van der Waals surface area (Å²) in [5.41, 5.74) is 1.20. The first-order valence-electron chi connectivity index (χ1n) is 8.94. The molecule has 8 nitrogen and oxygen atoms in total. The molecule has 0 atom stereocenters. The molecule has 0 spiro atoms. The summed E-state index contributed by atoms with van der Waals surface area (Å²) in [4.78, 5) is 29.2. The van der Waals surface area contributed by atoms with Crippen LogP contribution >= 0.6 is 23.1 Å². The molecule has 148 valence electrons. The zero-order valence-electron chi connectivity index (χ0n) is 15.8. The lowest BCUT2D eigenvalue weighted by molar-refractivity contribution is -0.113. The molecule has 10 heteroatoms. The molecular formula is C19H18N6O2S2. The van der Waals surface area contributed by atoms with Gasteiger partial charge in [0.1, 0.15) is 0 Å². The highest BCUT2D eigenvalue weighted by Gasteiger charge is 2.17. The minimum Gasteiger partial charge on any atom is -0.318 e. The molecule has 0 aliphatic rings. The summed E-state index contributed by atoms with van der Waals surface area (Å²) in [6, 6.07) is 11.3. The van der Waals surface area contributed by atoms with Crippen molar-refractivity contribution in [3.05, 3.63) is 52.9 Å². The molecule has 4 aromatic rings. The van der Waals surface area contributed by atoms with Crippen LogP contribution in [-0.2, 0) is 18.4 Å². The van der Waals surface area contributed by atoms with E-state index in [2.05, 4.69) is 20.5 Å². The molecule has 0 fully saturated rings. The Morgan fingerprint density at radius 2 is 2.03 bits per heavy atom. The quantitative estimate of drug-likeness (QED) is 0.476. The Morgan fingerprint density at radius 3 is 2.83 bits per heavy atom. The maximum Gasteiger partial charge on any atom is 0.261 e. The number of thioether (sulfide) groups is 1. The first-order chi connectivity index (χ1) is 14.1. The number of thiazole rings is 1. The second-order valence-electron chi connectivity index (χ2n) is 6.21. The Balaban J connectivity index is 1.48. The highest BCUT2D eigenvalue weighted by atomic mass is 32.2. The van der Waals surface area contributed by atoms with Crippen molar-refractivity contribution in [2.24, 2.45) is 7.05 Å². The number of nitrogens with one attached hydrogen (secondary N) is 1. The van der Waals surface area contributed by atoms with Crippen LogP contribution in [0.1, 0.15) is 6.92 Å². The van der Waals surface area contributed by atoms with Crippen LogP contribution < -0.4 is 10.9 Å². The zero-order chi connectivity index (χ0) is 20.4. The van der Waals surface area contributed by atoms with Crippen LogP contribution in [0.2, 0.25) is 0 Å². The smallest absolute Gasteiger partial charge is 0.261 e. The van der Waals surface area contributed by atoms with Gasteiger partial charge in [0.25, 0.3) is 5.56 Å². The van der Waals surface area contributed by atoms with E-state index in [0.29, 0.717) is 28.2 Å². The van der Waals surface area contributed by atoms with Crippen molar-refractivity contribution in [2.75, 3.05) is 11.1 Å². The topological polar surface area (TPSA) is 94.7 Å². The number of rotatable bonds is 6. The summed E-state index contributed by atoms with van der Waals surface area (Å²) in [6.07, 6.45) is 1.69. The van der Waals surface area contributed by atoms with Gasteiger partial charge < -0.3 is 14.5 Å². The molecule has 3 heterocycles. The number of amides is 1. The third kappa shape index (κ3) is 3.94. The van der Waals surface area contributed by atoms with Gasteiger partial charge in [0.15, 0.2) is 16.1 Å². The summed E-state index contributed by atoms with van der Waals surface area (Å²) < 4.78 is 4.37. The van der Waals surface area contributed by atoms with Crippen LogP contribution in [0.25, 0.3) is 21.6 Å². The molecular weight excluding hydrogens is 408 g/mol. The van der Waals surface area contributed by atoms with Crippen LogP contribution in [0.15, 0.2) is 52.5 Å². The number of pyridine rings is 1. The first-order valence-corrected chi connectivity index (χ1v) is 10.7. The highest BCUT2D eigenvalue weighted by molar-refractivity contribution is 7.99. The number of fused-ring (bicyclic) bond motifs is 1. The Kier molecular flexibility index (Phi) is 5.45. The minimum absolute atomic E-state index is 0.139. The van der Waals surface area contributed by atoms with Crippen LogP contribution in [0.5, 0.6) is 0 Å². The molecule has 0 unspecified atom stereocenters. The van der Waals surface area contributed by atoms with Gasteiger partial charge in [-0.1, -0.05) is 35.2 Å².